The van der Waals surface area contributed by atoms with Gasteiger partial charge in [-0.25, -0.2) is 0 Å². The SMILES string of the molecule is CB(O)N1CCC(N2CCC(Cc3ccc(C)nc3)CC2)CC1.Cc1ccc(CC2CCN(C3CCNCC3)CC2)cn1. The van der Waals surface area contributed by atoms with Crippen LogP contribution in [0, 0.1) is 25.7 Å². The van der Waals surface area contributed by atoms with Crippen molar-refractivity contribution in [2.24, 2.45) is 11.8 Å². The molecule has 0 unspecified atom stereocenters. The van der Waals surface area contributed by atoms with Crippen molar-refractivity contribution < 1.29 is 5.02 Å². The fourth-order valence-electron chi connectivity index (χ4n) is 7.75. The van der Waals surface area contributed by atoms with Gasteiger partial charge in [0.15, 0.2) is 0 Å². The van der Waals surface area contributed by atoms with E-state index in [4.69, 9.17) is 0 Å². The number of nitrogens with zero attached hydrogens (tertiary/aromatic N) is 5. The van der Waals surface area contributed by atoms with E-state index in [1.807, 2.05) is 19.9 Å². The highest BCUT2D eigenvalue weighted by atomic mass is 16.2. The summed E-state index contributed by atoms with van der Waals surface area (Å²) in [6.07, 6.45) is 16.9. The smallest absolute Gasteiger partial charge is 0.376 e. The van der Waals surface area contributed by atoms with Crippen molar-refractivity contribution >= 4 is 7.05 Å². The van der Waals surface area contributed by atoms with Gasteiger partial charge in [-0.1, -0.05) is 12.1 Å². The number of pyridine rings is 2. The maximum absolute atomic E-state index is 9.67. The van der Waals surface area contributed by atoms with E-state index in [-0.39, 0.29) is 7.05 Å². The fraction of sp³-hybridized carbons (Fsp3) is 0.714. The molecule has 2 aromatic rings. The molecule has 0 atom stereocenters. The first-order chi connectivity index (χ1) is 20.9. The lowest BCUT2D eigenvalue weighted by atomic mass is 9.81. The average molecular weight is 589 g/mol. The highest BCUT2D eigenvalue weighted by molar-refractivity contribution is 6.45. The predicted octanol–water partition coefficient (Wildman–Crippen LogP) is 4.62. The lowest BCUT2D eigenvalue weighted by molar-refractivity contribution is 0.0935. The van der Waals surface area contributed by atoms with Gasteiger partial charge in [-0.3, -0.25) is 9.97 Å². The number of piperidine rings is 4. The van der Waals surface area contributed by atoms with E-state index in [0.717, 1.165) is 48.4 Å². The molecule has 4 saturated heterocycles. The zero-order chi connectivity index (χ0) is 30.0. The fourth-order valence-corrected chi connectivity index (χ4v) is 7.75. The minimum atomic E-state index is -0.287. The molecule has 7 nitrogen and oxygen atoms in total. The summed E-state index contributed by atoms with van der Waals surface area (Å²) in [5, 5.41) is 13.1. The zero-order valence-corrected chi connectivity index (χ0v) is 27.3. The van der Waals surface area contributed by atoms with Crippen LogP contribution in [-0.4, -0.2) is 101 Å². The van der Waals surface area contributed by atoms with Gasteiger partial charge in [-0.2, -0.15) is 0 Å². The van der Waals surface area contributed by atoms with Crippen molar-refractivity contribution in [1.29, 1.82) is 0 Å². The first-order valence-electron chi connectivity index (χ1n) is 17.4. The van der Waals surface area contributed by atoms with Crippen LogP contribution in [0.3, 0.4) is 0 Å². The zero-order valence-electron chi connectivity index (χ0n) is 27.3. The number of hydrogen-bond acceptors (Lipinski definition) is 7. The summed E-state index contributed by atoms with van der Waals surface area (Å²) < 4.78 is 0. The van der Waals surface area contributed by atoms with Gasteiger partial charge in [0.25, 0.3) is 0 Å². The molecule has 6 heterocycles. The molecular weight excluding hydrogens is 531 g/mol. The van der Waals surface area contributed by atoms with E-state index in [0.29, 0.717) is 0 Å². The van der Waals surface area contributed by atoms with E-state index >= 15 is 0 Å². The highest BCUT2D eigenvalue weighted by Gasteiger charge is 2.30. The van der Waals surface area contributed by atoms with Gasteiger partial charge in [0.05, 0.1) is 0 Å². The summed E-state index contributed by atoms with van der Waals surface area (Å²) in [7, 11) is -0.287. The number of nitrogens with one attached hydrogen (secondary N) is 1. The molecule has 0 spiro atoms. The van der Waals surface area contributed by atoms with Crippen molar-refractivity contribution in [3.05, 3.63) is 59.2 Å². The van der Waals surface area contributed by atoms with Gasteiger partial charge < -0.3 is 25.0 Å². The third-order valence-corrected chi connectivity index (χ3v) is 10.7. The maximum Gasteiger partial charge on any atom is 0.376 e. The molecule has 0 saturated carbocycles. The van der Waals surface area contributed by atoms with Crippen LogP contribution in [-0.2, 0) is 12.8 Å². The maximum atomic E-state index is 9.67. The number of hydrogen-bond donors (Lipinski definition) is 2. The third kappa shape index (κ3) is 10.1. The summed E-state index contributed by atoms with van der Waals surface area (Å²) in [6.45, 7) is 15.6. The molecule has 4 aliphatic rings. The Morgan fingerprint density at radius 2 is 1.12 bits per heavy atom. The first-order valence-corrected chi connectivity index (χ1v) is 17.4. The van der Waals surface area contributed by atoms with Crippen molar-refractivity contribution in [1.82, 2.24) is 29.9 Å². The Hall–Kier alpha value is -1.84. The highest BCUT2D eigenvalue weighted by Crippen LogP contribution is 2.27. The molecule has 4 fully saturated rings. The van der Waals surface area contributed by atoms with Gasteiger partial charge in [0, 0.05) is 35.9 Å². The lowest BCUT2D eigenvalue weighted by Gasteiger charge is -2.42. The molecule has 8 heteroatoms. The second kappa shape index (κ2) is 16.5. The summed E-state index contributed by atoms with van der Waals surface area (Å²) in [5.41, 5.74) is 5.02. The second-order valence-electron chi connectivity index (χ2n) is 13.9. The van der Waals surface area contributed by atoms with E-state index in [2.05, 4.69) is 67.3 Å². The molecule has 0 amide bonds. The van der Waals surface area contributed by atoms with Crippen molar-refractivity contribution in [2.45, 2.75) is 97.0 Å². The Labute approximate surface area is 262 Å². The largest absolute Gasteiger partial charge is 0.437 e. The number of aryl methyl sites for hydroxylation is 2. The van der Waals surface area contributed by atoms with Crippen LogP contribution in [0.1, 0.15) is 73.9 Å². The second-order valence-corrected chi connectivity index (χ2v) is 13.9. The topological polar surface area (TPSA) is 67.8 Å². The van der Waals surface area contributed by atoms with Gasteiger partial charge in [-0.15, -0.1) is 0 Å². The summed E-state index contributed by atoms with van der Waals surface area (Å²) >= 11 is 0. The van der Waals surface area contributed by atoms with Crippen LogP contribution in [0.25, 0.3) is 0 Å². The molecule has 0 bridgehead atoms. The van der Waals surface area contributed by atoms with E-state index in [9.17, 15) is 5.02 Å². The Bertz CT molecular complexity index is 1050. The third-order valence-electron chi connectivity index (χ3n) is 10.7. The minimum absolute atomic E-state index is 0.287. The molecule has 6 rings (SSSR count). The van der Waals surface area contributed by atoms with Gasteiger partial charge in [0.1, 0.15) is 0 Å². The van der Waals surface area contributed by atoms with E-state index in [1.165, 1.54) is 115 Å². The van der Waals surface area contributed by atoms with Crippen LogP contribution in [0.15, 0.2) is 36.7 Å². The quantitative estimate of drug-likeness (QED) is 0.458. The number of likely N-dealkylation sites (tertiary alicyclic amines) is 2. The molecule has 2 aromatic heterocycles. The number of aromatic nitrogens is 2. The first kappa shape index (κ1) is 32.6. The summed E-state index contributed by atoms with van der Waals surface area (Å²) in [5.74, 6) is 1.67. The molecule has 0 radical (unpaired) electrons. The molecule has 43 heavy (non-hydrogen) atoms. The Kier molecular flexibility index (Phi) is 12.5. The van der Waals surface area contributed by atoms with Crippen LogP contribution in [0.4, 0.5) is 0 Å². The molecule has 0 aliphatic carbocycles. The molecular formula is C35H57BN6O. The van der Waals surface area contributed by atoms with Crippen molar-refractivity contribution in [2.75, 3.05) is 52.4 Å². The van der Waals surface area contributed by atoms with Crippen LogP contribution in [0.2, 0.25) is 6.82 Å². The molecule has 0 aromatic carbocycles. The Morgan fingerprint density at radius 1 is 0.674 bits per heavy atom. The van der Waals surface area contributed by atoms with Crippen molar-refractivity contribution in [3.63, 3.8) is 0 Å². The predicted molar refractivity (Wildman–Crippen MR) is 178 cm³/mol. The van der Waals surface area contributed by atoms with Crippen LogP contribution >= 0.6 is 0 Å². The summed E-state index contributed by atoms with van der Waals surface area (Å²) in [6, 6.07) is 10.3. The Balaban J connectivity index is 0.000000173. The average Bonchev–Trinajstić information content (AvgIpc) is 3.05. The Morgan fingerprint density at radius 3 is 1.51 bits per heavy atom. The van der Waals surface area contributed by atoms with Crippen LogP contribution in [0.5, 0.6) is 0 Å². The number of rotatable bonds is 7. The normalized spacial score (nSPS) is 22.7. The molecule has 4 aliphatic heterocycles. The van der Waals surface area contributed by atoms with Crippen molar-refractivity contribution in [3.8, 4) is 0 Å². The standard InChI is InChI=1S/C18H30BN3O.C17H27N3/c1-15-3-4-17(14-20-15)13-16-5-9-21(10-6-16)18-7-11-22(12-8-18)19(2)23;1-14-2-3-16(13-19-14)12-15-6-10-20(11-7-15)17-4-8-18-9-5-17/h3-4,14,16,18,23H,5-13H2,1-2H3;2-3,13,15,17-18H,4-12H2,1H3. The van der Waals surface area contributed by atoms with E-state index < -0.39 is 0 Å². The minimum Gasteiger partial charge on any atom is -0.437 e. The van der Waals surface area contributed by atoms with Crippen LogP contribution < -0.4 is 5.32 Å². The van der Waals surface area contributed by atoms with Gasteiger partial charge in [-0.05, 0) is 172 Å². The summed E-state index contributed by atoms with van der Waals surface area (Å²) in [4.78, 5) is 16.5. The van der Waals surface area contributed by atoms with Gasteiger partial charge in [0.2, 0.25) is 0 Å². The monoisotopic (exact) mass is 588 g/mol. The van der Waals surface area contributed by atoms with Gasteiger partial charge >= 0.3 is 7.05 Å². The molecule has 2 N–H and O–H groups in total. The lowest BCUT2D eigenvalue weighted by Crippen LogP contribution is -2.50. The molecule has 236 valence electrons. The van der Waals surface area contributed by atoms with E-state index in [1.54, 1.807) is 0 Å².